The van der Waals surface area contributed by atoms with E-state index >= 15 is 0 Å². The first-order valence-corrected chi connectivity index (χ1v) is 6.22. The maximum Gasteiger partial charge on any atom is 0.419 e. The van der Waals surface area contributed by atoms with Gasteiger partial charge in [0.1, 0.15) is 5.82 Å². The molecule has 1 saturated carbocycles. The van der Waals surface area contributed by atoms with Crippen LogP contribution in [0.5, 0.6) is 0 Å². The van der Waals surface area contributed by atoms with Gasteiger partial charge in [-0.2, -0.15) is 13.2 Å². The smallest absolute Gasteiger partial charge is 0.378 e. The summed E-state index contributed by atoms with van der Waals surface area (Å²) >= 11 is 0. The van der Waals surface area contributed by atoms with E-state index in [9.17, 15) is 22.4 Å². The second-order valence-electron chi connectivity index (χ2n) is 5.03. The standard InChI is InChI=1S/C14H14F4O2/c1-20-13(5-2-6-13)8-12(19)9-3-4-10(11(15)7-9)14(16,17)18/h3-4,7H,2,5-6,8H2,1H3. The SMILES string of the molecule is COC1(CC(=O)c2ccc(C(F)(F)F)c(F)c2)CCC1. The minimum absolute atomic E-state index is 0.0566. The molecule has 0 heterocycles. The fourth-order valence-electron chi connectivity index (χ4n) is 2.34. The molecular weight excluding hydrogens is 276 g/mol. The molecule has 1 fully saturated rings. The van der Waals surface area contributed by atoms with Crippen LogP contribution < -0.4 is 0 Å². The topological polar surface area (TPSA) is 26.3 Å². The molecule has 1 aliphatic carbocycles. The molecule has 2 rings (SSSR count). The monoisotopic (exact) mass is 290 g/mol. The van der Waals surface area contributed by atoms with Crippen molar-refractivity contribution >= 4 is 5.78 Å². The van der Waals surface area contributed by atoms with Crippen LogP contribution in [0.2, 0.25) is 0 Å². The zero-order chi connectivity index (χ0) is 15.0. The van der Waals surface area contributed by atoms with Crippen LogP contribution in [0.4, 0.5) is 17.6 Å². The van der Waals surface area contributed by atoms with Gasteiger partial charge in [-0.05, 0) is 31.4 Å². The first kappa shape index (κ1) is 15.0. The molecule has 0 unspecified atom stereocenters. The van der Waals surface area contributed by atoms with Crippen LogP contribution in [-0.2, 0) is 10.9 Å². The minimum Gasteiger partial charge on any atom is -0.378 e. The minimum atomic E-state index is -4.76. The van der Waals surface area contributed by atoms with Crippen LogP contribution in [0.15, 0.2) is 18.2 Å². The van der Waals surface area contributed by atoms with Gasteiger partial charge >= 0.3 is 6.18 Å². The third-order valence-corrected chi connectivity index (χ3v) is 3.78. The summed E-state index contributed by atoms with van der Waals surface area (Å²) in [6.07, 6.45) is -2.28. The highest BCUT2D eigenvalue weighted by Crippen LogP contribution is 2.39. The van der Waals surface area contributed by atoms with E-state index in [0.717, 1.165) is 25.3 Å². The van der Waals surface area contributed by atoms with Gasteiger partial charge in [-0.3, -0.25) is 4.79 Å². The zero-order valence-corrected chi connectivity index (χ0v) is 10.9. The number of methoxy groups -OCH3 is 1. The summed E-state index contributed by atoms with van der Waals surface area (Å²) in [5.74, 6) is -1.83. The predicted molar refractivity (Wildman–Crippen MR) is 63.9 cm³/mol. The molecule has 2 nitrogen and oxygen atoms in total. The second kappa shape index (κ2) is 5.16. The molecule has 0 atom stereocenters. The number of hydrogen-bond acceptors (Lipinski definition) is 2. The summed E-state index contributed by atoms with van der Waals surface area (Å²) in [6, 6.07) is 2.26. The van der Waals surface area contributed by atoms with Crippen LogP contribution in [-0.4, -0.2) is 18.5 Å². The highest BCUT2D eigenvalue weighted by atomic mass is 19.4. The molecule has 1 aromatic rings. The second-order valence-corrected chi connectivity index (χ2v) is 5.03. The number of ketones is 1. The van der Waals surface area contributed by atoms with Crippen molar-refractivity contribution in [3.8, 4) is 0 Å². The summed E-state index contributed by atoms with van der Waals surface area (Å²) in [5.41, 5.74) is -1.95. The number of hydrogen-bond donors (Lipinski definition) is 0. The lowest BCUT2D eigenvalue weighted by atomic mass is 9.76. The number of rotatable bonds is 4. The Hall–Kier alpha value is -1.43. The van der Waals surface area contributed by atoms with E-state index in [0.29, 0.717) is 12.1 Å². The summed E-state index contributed by atoms with van der Waals surface area (Å²) < 4.78 is 56.0. The Morgan fingerprint density at radius 3 is 2.40 bits per heavy atom. The lowest BCUT2D eigenvalue weighted by molar-refractivity contribution is -0.140. The highest BCUT2D eigenvalue weighted by molar-refractivity contribution is 5.96. The molecule has 110 valence electrons. The van der Waals surface area contributed by atoms with Gasteiger partial charge in [-0.15, -0.1) is 0 Å². The van der Waals surface area contributed by atoms with Crippen molar-refractivity contribution in [1.82, 2.24) is 0 Å². The van der Waals surface area contributed by atoms with E-state index in [1.54, 1.807) is 0 Å². The molecule has 1 aromatic carbocycles. The van der Waals surface area contributed by atoms with E-state index in [-0.39, 0.29) is 12.0 Å². The molecule has 0 spiro atoms. The van der Waals surface area contributed by atoms with Crippen LogP contribution in [0, 0.1) is 5.82 Å². The van der Waals surface area contributed by atoms with Crippen molar-refractivity contribution in [2.24, 2.45) is 0 Å². The molecular formula is C14H14F4O2. The Balaban J connectivity index is 2.17. The highest BCUT2D eigenvalue weighted by Gasteiger charge is 2.39. The van der Waals surface area contributed by atoms with Crippen LogP contribution in [0.1, 0.15) is 41.6 Å². The fourth-order valence-corrected chi connectivity index (χ4v) is 2.34. The zero-order valence-electron chi connectivity index (χ0n) is 10.9. The van der Waals surface area contributed by atoms with Gasteiger partial charge in [0.2, 0.25) is 0 Å². The largest absolute Gasteiger partial charge is 0.419 e. The molecule has 0 saturated heterocycles. The van der Waals surface area contributed by atoms with Crippen molar-refractivity contribution < 1.29 is 27.1 Å². The molecule has 0 radical (unpaired) electrons. The normalized spacial score (nSPS) is 17.6. The van der Waals surface area contributed by atoms with Crippen molar-refractivity contribution in [2.75, 3.05) is 7.11 Å². The number of halogens is 4. The Bertz CT molecular complexity index is 513. The molecule has 0 bridgehead atoms. The molecule has 0 aromatic heterocycles. The predicted octanol–water partition coefficient (Wildman–Crippen LogP) is 3.99. The van der Waals surface area contributed by atoms with E-state index in [2.05, 4.69) is 0 Å². The maximum absolute atomic E-state index is 13.4. The fraction of sp³-hybridized carbons (Fsp3) is 0.500. The molecule has 0 amide bonds. The third kappa shape index (κ3) is 2.85. The van der Waals surface area contributed by atoms with Crippen molar-refractivity contribution in [3.05, 3.63) is 35.1 Å². The van der Waals surface area contributed by atoms with Gasteiger partial charge in [0, 0.05) is 19.1 Å². The van der Waals surface area contributed by atoms with Crippen LogP contribution >= 0.6 is 0 Å². The van der Waals surface area contributed by atoms with Crippen LogP contribution in [0.3, 0.4) is 0 Å². The van der Waals surface area contributed by atoms with Gasteiger partial charge < -0.3 is 4.74 Å². The molecule has 6 heteroatoms. The van der Waals surface area contributed by atoms with Gasteiger partial charge in [-0.1, -0.05) is 6.07 Å². The number of ether oxygens (including phenoxy) is 1. The quantitative estimate of drug-likeness (QED) is 0.619. The molecule has 0 N–H and O–H groups in total. The van der Waals surface area contributed by atoms with Gasteiger partial charge in [0.15, 0.2) is 5.78 Å². The number of carbonyl (C=O) groups is 1. The van der Waals surface area contributed by atoms with Crippen molar-refractivity contribution in [3.63, 3.8) is 0 Å². The van der Waals surface area contributed by atoms with Crippen molar-refractivity contribution in [1.29, 1.82) is 0 Å². The van der Waals surface area contributed by atoms with Gasteiger partial charge in [0.25, 0.3) is 0 Å². The van der Waals surface area contributed by atoms with Crippen LogP contribution in [0.25, 0.3) is 0 Å². The van der Waals surface area contributed by atoms with E-state index < -0.39 is 28.9 Å². The summed E-state index contributed by atoms with van der Waals surface area (Å²) in [7, 11) is 1.50. The summed E-state index contributed by atoms with van der Waals surface area (Å²) in [4.78, 5) is 12.0. The molecule has 0 aliphatic heterocycles. The summed E-state index contributed by atoms with van der Waals surface area (Å²) in [5, 5.41) is 0. The first-order chi connectivity index (χ1) is 9.27. The lowest BCUT2D eigenvalue weighted by Crippen LogP contribution is -2.41. The average Bonchev–Trinajstić information content (AvgIpc) is 2.31. The Labute approximate surface area is 113 Å². The van der Waals surface area contributed by atoms with E-state index in [1.807, 2.05) is 0 Å². The van der Waals surface area contributed by atoms with Gasteiger partial charge in [0.05, 0.1) is 11.2 Å². The molecule has 20 heavy (non-hydrogen) atoms. The Kier molecular flexibility index (Phi) is 3.86. The van der Waals surface area contributed by atoms with E-state index in [1.165, 1.54) is 7.11 Å². The summed E-state index contributed by atoms with van der Waals surface area (Å²) in [6.45, 7) is 0. The molecule has 1 aliphatic rings. The number of alkyl halides is 3. The Morgan fingerprint density at radius 1 is 1.35 bits per heavy atom. The van der Waals surface area contributed by atoms with Crippen molar-refractivity contribution in [2.45, 2.75) is 37.5 Å². The first-order valence-electron chi connectivity index (χ1n) is 6.22. The number of benzene rings is 1. The third-order valence-electron chi connectivity index (χ3n) is 3.78. The van der Waals surface area contributed by atoms with Gasteiger partial charge in [-0.25, -0.2) is 4.39 Å². The number of Topliss-reactive ketones (excluding diaryl/α,β-unsaturated/α-hetero) is 1. The maximum atomic E-state index is 13.4. The lowest BCUT2D eigenvalue weighted by Gasteiger charge is -2.40. The number of carbonyl (C=O) groups excluding carboxylic acids is 1. The Morgan fingerprint density at radius 2 is 2.00 bits per heavy atom. The average molecular weight is 290 g/mol. The van der Waals surface area contributed by atoms with E-state index in [4.69, 9.17) is 4.74 Å².